The van der Waals surface area contributed by atoms with Crippen molar-refractivity contribution in [2.45, 2.75) is 40.0 Å². The fraction of sp³-hybridized carbons (Fsp3) is 0.733. The molecule has 0 aromatic carbocycles. The molecule has 0 bridgehead atoms. The largest absolute Gasteiger partial charge is 0.396 e. The molecule has 120 valence electrons. The number of hydrogen-bond donors (Lipinski definition) is 2. The van der Waals surface area contributed by atoms with Gasteiger partial charge in [-0.3, -0.25) is 9.48 Å². The zero-order valence-electron chi connectivity index (χ0n) is 13.3. The molecular weight excluding hydrogens is 290 g/mol. The van der Waals surface area contributed by atoms with Crippen molar-refractivity contribution in [1.29, 1.82) is 0 Å². The molecule has 0 saturated heterocycles. The first kappa shape index (κ1) is 18.0. The SMILES string of the molecule is Cc1nn(C)c(Cl)c1CC(=O)NCC(CCO)CC(C)C. The van der Waals surface area contributed by atoms with Gasteiger partial charge in [-0.1, -0.05) is 25.4 Å². The van der Waals surface area contributed by atoms with Gasteiger partial charge in [0.05, 0.1) is 12.1 Å². The fourth-order valence-electron chi connectivity index (χ4n) is 2.51. The van der Waals surface area contributed by atoms with E-state index in [0.717, 1.165) is 17.7 Å². The molecule has 1 atom stereocenters. The first-order valence-electron chi connectivity index (χ1n) is 7.40. The molecule has 0 radical (unpaired) electrons. The molecule has 0 fully saturated rings. The molecule has 0 spiro atoms. The zero-order valence-corrected chi connectivity index (χ0v) is 14.1. The van der Waals surface area contributed by atoms with Gasteiger partial charge >= 0.3 is 0 Å². The Bertz CT molecular complexity index is 472. The minimum atomic E-state index is -0.0558. The van der Waals surface area contributed by atoms with Gasteiger partial charge in [0, 0.05) is 25.8 Å². The first-order valence-corrected chi connectivity index (χ1v) is 7.78. The van der Waals surface area contributed by atoms with Crippen LogP contribution in [0.4, 0.5) is 0 Å². The molecule has 1 aromatic heterocycles. The average Bonchev–Trinajstić information content (AvgIpc) is 2.62. The van der Waals surface area contributed by atoms with Gasteiger partial charge in [-0.05, 0) is 31.6 Å². The van der Waals surface area contributed by atoms with E-state index in [1.807, 2.05) is 6.92 Å². The molecule has 0 aliphatic rings. The summed E-state index contributed by atoms with van der Waals surface area (Å²) < 4.78 is 1.58. The highest BCUT2D eigenvalue weighted by atomic mass is 35.5. The Balaban J connectivity index is 2.52. The van der Waals surface area contributed by atoms with Crippen LogP contribution in [-0.2, 0) is 18.3 Å². The summed E-state index contributed by atoms with van der Waals surface area (Å²) in [4.78, 5) is 12.1. The third kappa shape index (κ3) is 5.67. The smallest absolute Gasteiger partial charge is 0.224 e. The van der Waals surface area contributed by atoms with E-state index in [1.54, 1.807) is 11.7 Å². The summed E-state index contributed by atoms with van der Waals surface area (Å²) in [6.45, 7) is 6.88. The molecule has 1 unspecified atom stereocenters. The first-order chi connectivity index (χ1) is 9.85. The fourth-order valence-corrected chi connectivity index (χ4v) is 2.75. The van der Waals surface area contributed by atoms with Crippen molar-refractivity contribution in [2.24, 2.45) is 18.9 Å². The maximum atomic E-state index is 12.1. The Labute approximate surface area is 131 Å². The predicted molar refractivity (Wildman–Crippen MR) is 84.3 cm³/mol. The van der Waals surface area contributed by atoms with Crippen LogP contribution in [-0.4, -0.2) is 33.9 Å². The third-order valence-corrected chi connectivity index (χ3v) is 4.01. The van der Waals surface area contributed by atoms with Gasteiger partial charge in [-0.25, -0.2) is 0 Å². The van der Waals surface area contributed by atoms with E-state index < -0.39 is 0 Å². The summed E-state index contributed by atoms with van der Waals surface area (Å²) in [5.41, 5.74) is 1.56. The molecule has 0 saturated carbocycles. The molecule has 1 heterocycles. The highest BCUT2D eigenvalue weighted by Crippen LogP contribution is 2.19. The van der Waals surface area contributed by atoms with E-state index in [0.29, 0.717) is 30.0 Å². The van der Waals surface area contributed by atoms with Crippen molar-refractivity contribution < 1.29 is 9.90 Å². The number of halogens is 1. The Morgan fingerprint density at radius 2 is 2.14 bits per heavy atom. The molecular formula is C15H26ClN3O2. The van der Waals surface area contributed by atoms with Crippen LogP contribution in [0.5, 0.6) is 0 Å². The number of carbonyl (C=O) groups is 1. The van der Waals surface area contributed by atoms with Crippen molar-refractivity contribution in [3.63, 3.8) is 0 Å². The van der Waals surface area contributed by atoms with E-state index in [2.05, 4.69) is 24.3 Å². The second-order valence-corrected chi connectivity index (χ2v) is 6.33. The summed E-state index contributed by atoms with van der Waals surface area (Å²) in [5.74, 6) is 0.803. The van der Waals surface area contributed by atoms with Crippen LogP contribution < -0.4 is 5.32 Å². The molecule has 0 aliphatic heterocycles. The normalized spacial score (nSPS) is 12.7. The lowest BCUT2D eigenvalue weighted by molar-refractivity contribution is -0.120. The van der Waals surface area contributed by atoms with Crippen LogP contribution in [0.25, 0.3) is 0 Å². The van der Waals surface area contributed by atoms with E-state index in [1.165, 1.54) is 0 Å². The molecule has 6 heteroatoms. The zero-order chi connectivity index (χ0) is 16.0. The number of aryl methyl sites for hydroxylation is 2. The number of hydrogen-bond acceptors (Lipinski definition) is 3. The number of amides is 1. The van der Waals surface area contributed by atoms with Gasteiger partial charge in [0.15, 0.2) is 0 Å². The number of aliphatic hydroxyl groups excluding tert-OH is 1. The van der Waals surface area contributed by atoms with Gasteiger partial charge < -0.3 is 10.4 Å². The number of nitrogens with one attached hydrogen (secondary N) is 1. The standard InChI is InChI=1S/C15H26ClN3O2/c1-10(2)7-12(5-6-20)9-17-14(21)8-13-11(3)18-19(4)15(13)16/h10,12,20H,5-9H2,1-4H3,(H,17,21). The van der Waals surface area contributed by atoms with Gasteiger partial charge in [0.25, 0.3) is 0 Å². The Kier molecular flexibility index (Phi) is 7.18. The molecule has 1 amide bonds. The van der Waals surface area contributed by atoms with Crippen LogP contribution >= 0.6 is 11.6 Å². The maximum Gasteiger partial charge on any atom is 0.224 e. The van der Waals surface area contributed by atoms with Crippen molar-refractivity contribution in [2.75, 3.05) is 13.2 Å². The van der Waals surface area contributed by atoms with Crippen LogP contribution in [0.15, 0.2) is 0 Å². The number of carbonyl (C=O) groups excluding carboxylic acids is 1. The van der Waals surface area contributed by atoms with Crippen molar-refractivity contribution in [1.82, 2.24) is 15.1 Å². The van der Waals surface area contributed by atoms with E-state index in [4.69, 9.17) is 16.7 Å². The van der Waals surface area contributed by atoms with E-state index in [-0.39, 0.29) is 18.9 Å². The highest BCUT2D eigenvalue weighted by Gasteiger charge is 2.16. The van der Waals surface area contributed by atoms with Gasteiger partial charge in [0.1, 0.15) is 5.15 Å². The minimum Gasteiger partial charge on any atom is -0.396 e. The Morgan fingerprint density at radius 3 is 2.62 bits per heavy atom. The lowest BCUT2D eigenvalue weighted by Crippen LogP contribution is -2.31. The summed E-state index contributed by atoms with van der Waals surface area (Å²) in [6.07, 6.45) is 1.95. The summed E-state index contributed by atoms with van der Waals surface area (Å²) in [5, 5.41) is 16.7. The van der Waals surface area contributed by atoms with Gasteiger partial charge in [-0.15, -0.1) is 0 Å². The maximum absolute atomic E-state index is 12.1. The van der Waals surface area contributed by atoms with Crippen LogP contribution in [0.3, 0.4) is 0 Å². The molecule has 0 aliphatic carbocycles. The molecule has 1 rings (SSSR count). The van der Waals surface area contributed by atoms with Crippen LogP contribution in [0.1, 0.15) is 37.9 Å². The minimum absolute atomic E-state index is 0.0558. The second kappa shape index (κ2) is 8.39. The van der Waals surface area contributed by atoms with Gasteiger partial charge in [0.2, 0.25) is 5.91 Å². The van der Waals surface area contributed by atoms with Crippen molar-refractivity contribution >= 4 is 17.5 Å². The number of nitrogens with zero attached hydrogens (tertiary/aromatic N) is 2. The topological polar surface area (TPSA) is 67.2 Å². The Hall–Kier alpha value is -1.07. The van der Waals surface area contributed by atoms with Crippen LogP contribution in [0.2, 0.25) is 5.15 Å². The van der Waals surface area contributed by atoms with Gasteiger partial charge in [-0.2, -0.15) is 5.10 Å². The number of rotatable bonds is 8. The van der Waals surface area contributed by atoms with Crippen molar-refractivity contribution in [3.8, 4) is 0 Å². The van der Waals surface area contributed by atoms with Crippen molar-refractivity contribution in [3.05, 3.63) is 16.4 Å². The molecule has 2 N–H and O–H groups in total. The quantitative estimate of drug-likeness (QED) is 0.772. The van der Waals surface area contributed by atoms with E-state index in [9.17, 15) is 4.79 Å². The Morgan fingerprint density at radius 1 is 1.48 bits per heavy atom. The highest BCUT2D eigenvalue weighted by molar-refractivity contribution is 6.30. The summed E-state index contributed by atoms with van der Waals surface area (Å²) in [7, 11) is 1.76. The van der Waals surface area contributed by atoms with Crippen LogP contribution in [0, 0.1) is 18.8 Å². The number of aromatic nitrogens is 2. The molecule has 5 nitrogen and oxygen atoms in total. The number of aliphatic hydroxyl groups is 1. The predicted octanol–water partition coefficient (Wildman–Crippen LogP) is 2.09. The second-order valence-electron chi connectivity index (χ2n) is 5.97. The lowest BCUT2D eigenvalue weighted by atomic mass is 9.94. The average molecular weight is 316 g/mol. The third-order valence-electron chi connectivity index (χ3n) is 3.54. The molecule has 21 heavy (non-hydrogen) atoms. The molecule has 1 aromatic rings. The summed E-state index contributed by atoms with van der Waals surface area (Å²) in [6, 6.07) is 0. The van der Waals surface area contributed by atoms with E-state index >= 15 is 0 Å². The monoisotopic (exact) mass is 315 g/mol. The lowest BCUT2D eigenvalue weighted by Gasteiger charge is -2.18. The summed E-state index contributed by atoms with van der Waals surface area (Å²) >= 11 is 6.13.